The van der Waals surface area contributed by atoms with Crippen molar-refractivity contribution in [1.29, 1.82) is 0 Å². The second-order valence-electron chi connectivity index (χ2n) is 5.93. The first-order valence-electron chi connectivity index (χ1n) is 7.28. The van der Waals surface area contributed by atoms with E-state index in [0.717, 1.165) is 13.1 Å². The van der Waals surface area contributed by atoms with Crippen LogP contribution < -0.4 is 5.32 Å². The van der Waals surface area contributed by atoms with Gasteiger partial charge in [-0.05, 0) is 36.6 Å². The zero-order valence-corrected chi connectivity index (χ0v) is 12.6. The Hall–Kier alpha value is -0.800. The van der Waals surface area contributed by atoms with Gasteiger partial charge in [0.2, 0.25) is 0 Å². The van der Waals surface area contributed by atoms with Crippen molar-refractivity contribution in [2.45, 2.75) is 37.3 Å². The number of hydrogen-bond acceptors (Lipinski definition) is 2. The molecule has 3 aliphatic rings. The molecule has 4 rings (SSSR count). The van der Waals surface area contributed by atoms with Crippen LogP contribution in [0.15, 0.2) is 34.8 Å². The normalized spacial score (nSPS) is 33.0. The second-order valence-corrected chi connectivity index (χ2v) is 6.85. The second kappa shape index (κ2) is 4.64. The Kier molecular flexibility index (Phi) is 2.92. The van der Waals surface area contributed by atoms with Gasteiger partial charge in [0.05, 0.1) is 0 Å². The highest BCUT2D eigenvalue weighted by atomic mass is 79.9. The molecule has 100 valence electrons. The molecule has 1 N–H and O–H groups in total. The molecular weight excluding hydrogens is 300 g/mol. The Morgan fingerprint density at radius 2 is 2.00 bits per heavy atom. The van der Waals surface area contributed by atoms with Crippen molar-refractivity contribution >= 4 is 21.6 Å². The molecule has 0 amide bonds. The number of hydrogen-bond donors (Lipinski definition) is 1. The fourth-order valence-corrected chi connectivity index (χ4v) is 4.42. The summed E-state index contributed by atoms with van der Waals surface area (Å²) in [7, 11) is 0. The highest BCUT2D eigenvalue weighted by molar-refractivity contribution is 9.10. The molecule has 3 unspecified atom stereocenters. The van der Waals surface area contributed by atoms with Gasteiger partial charge in [0.1, 0.15) is 0 Å². The SMILES string of the molecule is Brc1ccc2c(c1)C1CCCC(N3CC=CC3)C1N2. The third-order valence-electron chi connectivity index (χ3n) is 4.91. The largest absolute Gasteiger partial charge is 0.380 e. The molecule has 0 bridgehead atoms. The van der Waals surface area contributed by atoms with Crippen LogP contribution in [0.25, 0.3) is 0 Å². The molecule has 1 saturated carbocycles. The molecule has 1 aromatic carbocycles. The molecule has 3 heteroatoms. The predicted octanol–water partition coefficient (Wildman–Crippen LogP) is 3.75. The summed E-state index contributed by atoms with van der Waals surface area (Å²) >= 11 is 3.61. The average Bonchev–Trinajstić information content (AvgIpc) is 3.05. The van der Waals surface area contributed by atoms with Gasteiger partial charge in [-0.15, -0.1) is 0 Å². The van der Waals surface area contributed by atoms with Crippen molar-refractivity contribution in [3.8, 4) is 0 Å². The topological polar surface area (TPSA) is 15.3 Å². The lowest BCUT2D eigenvalue weighted by Gasteiger charge is -2.39. The first-order valence-corrected chi connectivity index (χ1v) is 8.07. The van der Waals surface area contributed by atoms with Crippen molar-refractivity contribution in [2.75, 3.05) is 18.4 Å². The van der Waals surface area contributed by atoms with E-state index in [0.29, 0.717) is 18.0 Å². The minimum Gasteiger partial charge on any atom is -0.380 e. The Morgan fingerprint density at radius 1 is 1.16 bits per heavy atom. The number of fused-ring (bicyclic) bond motifs is 3. The van der Waals surface area contributed by atoms with E-state index in [1.807, 2.05) is 0 Å². The third kappa shape index (κ3) is 1.95. The van der Waals surface area contributed by atoms with Crippen LogP contribution in [0.1, 0.15) is 30.7 Å². The molecule has 1 aliphatic carbocycles. The van der Waals surface area contributed by atoms with Crippen LogP contribution in [-0.2, 0) is 0 Å². The molecular formula is C16H19BrN2. The Labute approximate surface area is 123 Å². The van der Waals surface area contributed by atoms with Crippen LogP contribution in [0, 0.1) is 0 Å². The van der Waals surface area contributed by atoms with Gasteiger partial charge in [0.25, 0.3) is 0 Å². The zero-order chi connectivity index (χ0) is 12.8. The Bertz CT molecular complexity index is 517. The number of nitrogens with one attached hydrogen (secondary N) is 1. The van der Waals surface area contributed by atoms with E-state index in [9.17, 15) is 0 Å². The molecule has 1 fully saturated rings. The van der Waals surface area contributed by atoms with Crippen molar-refractivity contribution in [2.24, 2.45) is 0 Å². The summed E-state index contributed by atoms with van der Waals surface area (Å²) < 4.78 is 1.21. The average molecular weight is 319 g/mol. The number of rotatable bonds is 1. The minimum absolute atomic E-state index is 0.609. The van der Waals surface area contributed by atoms with Gasteiger partial charge in [0.15, 0.2) is 0 Å². The van der Waals surface area contributed by atoms with E-state index in [2.05, 4.69) is 56.5 Å². The van der Waals surface area contributed by atoms with Crippen molar-refractivity contribution in [3.05, 3.63) is 40.4 Å². The predicted molar refractivity (Wildman–Crippen MR) is 82.6 cm³/mol. The quantitative estimate of drug-likeness (QED) is 0.793. The molecule has 0 radical (unpaired) electrons. The van der Waals surface area contributed by atoms with Crippen molar-refractivity contribution < 1.29 is 0 Å². The molecule has 0 spiro atoms. The van der Waals surface area contributed by atoms with Crippen LogP contribution >= 0.6 is 15.9 Å². The van der Waals surface area contributed by atoms with Crippen molar-refractivity contribution in [1.82, 2.24) is 4.90 Å². The highest BCUT2D eigenvalue weighted by Gasteiger charge is 2.42. The smallest absolute Gasteiger partial charge is 0.0486 e. The van der Waals surface area contributed by atoms with E-state index in [4.69, 9.17) is 0 Å². The number of halogens is 1. The molecule has 2 heterocycles. The van der Waals surface area contributed by atoms with Crippen molar-refractivity contribution in [3.63, 3.8) is 0 Å². The molecule has 2 nitrogen and oxygen atoms in total. The lowest BCUT2D eigenvalue weighted by Crippen LogP contribution is -2.48. The lowest BCUT2D eigenvalue weighted by atomic mass is 9.79. The number of nitrogens with zero attached hydrogens (tertiary/aromatic N) is 1. The number of benzene rings is 1. The maximum atomic E-state index is 3.80. The van der Waals surface area contributed by atoms with Gasteiger partial charge in [-0.1, -0.05) is 34.5 Å². The van der Waals surface area contributed by atoms with Gasteiger partial charge < -0.3 is 5.32 Å². The number of anilines is 1. The molecule has 19 heavy (non-hydrogen) atoms. The summed E-state index contributed by atoms with van der Waals surface area (Å²) in [6, 6.07) is 8.00. The minimum atomic E-state index is 0.609. The van der Waals surface area contributed by atoms with Crippen LogP contribution in [-0.4, -0.2) is 30.1 Å². The van der Waals surface area contributed by atoms with E-state index in [1.165, 1.54) is 35.0 Å². The van der Waals surface area contributed by atoms with Gasteiger partial charge in [-0.2, -0.15) is 0 Å². The van der Waals surface area contributed by atoms with E-state index >= 15 is 0 Å². The van der Waals surface area contributed by atoms with Crippen LogP contribution in [0.5, 0.6) is 0 Å². The Morgan fingerprint density at radius 3 is 2.84 bits per heavy atom. The van der Waals surface area contributed by atoms with E-state index < -0.39 is 0 Å². The first-order chi connectivity index (χ1) is 9.33. The Balaban J connectivity index is 1.64. The molecule has 2 aliphatic heterocycles. The van der Waals surface area contributed by atoms with E-state index in [-0.39, 0.29) is 0 Å². The van der Waals surface area contributed by atoms with Gasteiger partial charge in [0, 0.05) is 41.3 Å². The van der Waals surface area contributed by atoms with Crippen LogP contribution in [0.3, 0.4) is 0 Å². The molecule has 0 aromatic heterocycles. The summed E-state index contributed by atoms with van der Waals surface area (Å²) in [5.74, 6) is 0.701. The zero-order valence-electron chi connectivity index (χ0n) is 11.0. The summed E-state index contributed by atoms with van der Waals surface area (Å²) in [4.78, 5) is 2.63. The van der Waals surface area contributed by atoms with Gasteiger partial charge in [-0.25, -0.2) is 0 Å². The standard InChI is InChI=1S/C16H19BrN2/c17-11-6-7-14-13(10-11)12-4-3-5-15(16(12)18-14)19-8-1-2-9-19/h1-2,6-7,10,12,15-16,18H,3-5,8-9H2. The third-order valence-corrected chi connectivity index (χ3v) is 5.41. The lowest BCUT2D eigenvalue weighted by molar-refractivity contribution is 0.174. The molecule has 0 saturated heterocycles. The maximum absolute atomic E-state index is 3.80. The summed E-state index contributed by atoms with van der Waals surface area (Å²) in [5.41, 5.74) is 2.88. The summed E-state index contributed by atoms with van der Waals surface area (Å²) in [5, 5.41) is 3.80. The van der Waals surface area contributed by atoms with Crippen LogP contribution in [0.2, 0.25) is 0 Å². The van der Waals surface area contributed by atoms with Gasteiger partial charge in [-0.3, -0.25) is 4.90 Å². The maximum Gasteiger partial charge on any atom is 0.0486 e. The molecule has 3 atom stereocenters. The fraction of sp³-hybridized carbons (Fsp3) is 0.500. The van der Waals surface area contributed by atoms with Gasteiger partial charge >= 0.3 is 0 Å². The monoisotopic (exact) mass is 318 g/mol. The summed E-state index contributed by atoms with van der Waals surface area (Å²) in [6.45, 7) is 2.27. The first kappa shape index (κ1) is 12.0. The summed E-state index contributed by atoms with van der Waals surface area (Å²) in [6.07, 6.45) is 8.64. The van der Waals surface area contributed by atoms with E-state index in [1.54, 1.807) is 0 Å². The molecule has 1 aromatic rings. The highest BCUT2D eigenvalue weighted by Crippen LogP contribution is 2.46. The van der Waals surface area contributed by atoms with Crippen LogP contribution in [0.4, 0.5) is 5.69 Å². The fourth-order valence-electron chi connectivity index (χ4n) is 4.05.